The summed E-state index contributed by atoms with van der Waals surface area (Å²) in [6.45, 7) is 0.937. The Kier molecular flexibility index (Phi) is 2.89. The first-order chi connectivity index (χ1) is 10.3. The summed E-state index contributed by atoms with van der Waals surface area (Å²) in [6, 6.07) is 12.0. The van der Waals surface area contributed by atoms with Crippen LogP contribution in [0.25, 0.3) is 10.9 Å². The number of aromatic nitrogens is 1. The summed E-state index contributed by atoms with van der Waals surface area (Å²) in [7, 11) is 0. The zero-order valence-electron chi connectivity index (χ0n) is 11.2. The van der Waals surface area contributed by atoms with E-state index in [4.69, 9.17) is 21.1 Å². The normalized spacial score (nSPS) is 12.8. The van der Waals surface area contributed by atoms with Crippen molar-refractivity contribution < 1.29 is 9.47 Å². The molecular formula is C16H13ClN2O2. The molecule has 21 heavy (non-hydrogen) atoms. The highest BCUT2D eigenvalue weighted by molar-refractivity contribution is 6.33. The van der Waals surface area contributed by atoms with Gasteiger partial charge >= 0.3 is 0 Å². The molecule has 3 aromatic rings. The molecule has 0 atom stereocenters. The predicted octanol–water partition coefficient (Wildman–Crippen LogP) is 4.16. The van der Waals surface area contributed by atoms with Crippen molar-refractivity contribution in [2.75, 3.05) is 12.1 Å². The van der Waals surface area contributed by atoms with E-state index in [9.17, 15) is 0 Å². The molecule has 0 aliphatic carbocycles. The summed E-state index contributed by atoms with van der Waals surface area (Å²) in [6.07, 6.45) is 1.94. The van der Waals surface area contributed by atoms with Gasteiger partial charge in [-0.05, 0) is 23.1 Å². The lowest BCUT2D eigenvalue weighted by molar-refractivity contribution is 0.174. The third kappa shape index (κ3) is 2.28. The van der Waals surface area contributed by atoms with Crippen LogP contribution in [-0.2, 0) is 6.54 Å². The Bertz CT molecular complexity index is 813. The van der Waals surface area contributed by atoms with E-state index < -0.39 is 0 Å². The fourth-order valence-electron chi connectivity index (χ4n) is 2.45. The highest BCUT2D eigenvalue weighted by Gasteiger charge is 2.16. The summed E-state index contributed by atoms with van der Waals surface area (Å²) in [5.74, 6) is 1.42. The van der Waals surface area contributed by atoms with Gasteiger partial charge < -0.3 is 19.8 Å². The molecule has 1 aromatic heterocycles. The molecule has 0 radical (unpaired) electrons. The molecule has 106 valence electrons. The summed E-state index contributed by atoms with van der Waals surface area (Å²) >= 11 is 6.25. The number of aromatic amines is 1. The van der Waals surface area contributed by atoms with E-state index in [1.54, 1.807) is 6.07 Å². The number of hydrogen-bond acceptors (Lipinski definition) is 3. The van der Waals surface area contributed by atoms with E-state index in [-0.39, 0.29) is 6.79 Å². The maximum Gasteiger partial charge on any atom is 0.231 e. The van der Waals surface area contributed by atoms with Gasteiger partial charge in [-0.15, -0.1) is 0 Å². The van der Waals surface area contributed by atoms with Gasteiger partial charge in [0.15, 0.2) is 11.5 Å². The smallest absolute Gasteiger partial charge is 0.231 e. The number of rotatable bonds is 3. The molecule has 0 spiro atoms. The average Bonchev–Trinajstić information content (AvgIpc) is 3.12. The van der Waals surface area contributed by atoms with Crippen molar-refractivity contribution in [1.82, 2.24) is 4.98 Å². The Morgan fingerprint density at radius 3 is 2.86 bits per heavy atom. The molecule has 2 heterocycles. The molecule has 2 N–H and O–H groups in total. The lowest BCUT2D eigenvalue weighted by Crippen LogP contribution is -2.00. The standard InChI is InChI=1S/C16H13ClN2O2/c17-12-6-15-16(21-9-20-15)7-14(12)19-8-10-1-2-11-3-4-18-13(11)5-10/h1-7,18-19H,8-9H2. The maximum atomic E-state index is 6.25. The number of ether oxygens (including phenoxy) is 2. The van der Waals surface area contributed by atoms with Gasteiger partial charge in [-0.3, -0.25) is 0 Å². The van der Waals surface area contributed by atoms with Crippen molar-refractivity contribution >= 4 is 28.2 Å². The molecule has 2 aromatic carbocycles. The van der Waals surface area contributed by atoms with E-state index in [0.29, 0.717) is 17.3 Å². The largest absolute Gasteiger partial charge is 0.454 e. The molecular weight excluding hydrogens is 288 g/mol. The maximum absolute atomic E-state index is 6.25. The van der Waals surface area contributed by atoms with Crippen LogP contribution in [0.4, 0.5) is 5.69 Å². The van der Waals surface area contributed by atoms with Gasteiger partial charge in [-0.1, -0.05) is 23.7 Å². The molecule has 4 nitrogen and oxygen atoms in total. The van der Waals surface area contributed by atoms with Crippen molar-refractivity contribution in [2.24, 2.45) is 0 Å². The summed E-state index contributed by atoms with van der Waals surface area (Å²) in [5, 5.41) is 5.17. The minimum Gasteiger partial charge on any atom is -0.454 e. The van der Waals surface area contributed by atoms with Crippen molar-refractivity contribution in [1.29, 1.82) is 0 Å². The Hall–Kier alpha value is -2.33. The zero-order chi connectivity index (χ0) is 14.2. The van der Waals surface area contributed by atoms with E-state index in [0.717, 1.165) is 17.0 Å². The monoisotopic (exact) mass is 300 g/mol. The van der Waals surface area contributed by atoms with Gasteiger partial charge in [0.25, 0.3) is 0 Å². The highest BCUT2D eigenvalue weighted by atomic mass is 35.5. The Morgan fingerprint density at radius 2 is 1.95 bits per heavy atom. The van der Waals surface area contributed by atoms with E-state index in [1.807, 2.05) is 12.3 Å². The molecule has 0 unspecified atom stereocenters. The first kappa shape index (κ1) is 12.4. The lowest BCUT2D eigenvalue weighted by Gasteiger charge is -2.10. The minimum atomic E-state index is 0.249. The molecule has 5 heteroatoms. The van der Waals surface area contributed by atoms with E-state index >= 15 is 0 Å². The number of hydrogen-bond donors (Lipinski definition) is 2. The van der Waals surface area contributed by atoms with Gasteiger partial charge in [0.05, 0.1) is 10.7 Å². The summed E-state index contributed by atoms with van der Waals surface area (Å²) in [5.41, 5.74) is 3.15. The second kappa shape index (κ2) is 4.90. The summed E-state index contributed by atoms with van der Waals surface area (Å²) in [4.78, 5) is 3.21. The van der Waals surface area contributed by atoms with E-state index in [1.165, 1.54) is 10.9 Å². The van der Waals surface area contributed by atoms with Gasteiger partial charge in [-0.2, -0.15) is 0 Å². The number of benzene rings is 2. The fourth-order valence-corrected chi connectivity index (χ4v) is 2.68. The van der Waals surface area contributed by atoms with Gasteiger partial charge in [0, 0.05) is 30.4 Å². The van der Waals surface area contributed by atoms with Crippen molar-refractivity contribution in [3.05, 3.63) is 53.2 Å². The highest BCUT2D eigenvalue weighted by Crippen LogP contribution is 2.39. The zero-order valence-corrected chi connectivity index (χ0v) is 11.9. The average molecular weight is 301 g/mol. The number of halogens is 1. The quantitative estimate of drug-likeness (QED) is 0.763. The lowest BCUT2D eigenvalue weighted by atomic mass is 10.1. The molecule has 0 bridgehead atoms. The first-order valence-electron chi connectivity index (χ1n) is 6.69. The number of H-pyrrole nitrogens is 1. The first-order valence-corrected chi connectivity index (χ1v) is 7.06. The Labute approximate surface area is 126 Å². The van der Waals surface area contributed by atoms with Gasteiger partial charge in [-0.25, -0.2) is 0 Å². The Balaban J connectivity index is 1.56. The van der Waals surface area contributed by atoms with Crippen LogP contribution in [0.15, 0.2) is 42.6 Å². The van der Waals surface area contributed by atoms with Crippen LogP contribution in [0, 0.1) is 0 Å². The van der Waals surface area contributed by atoms with Crippen LogP contribution < -0.4 is 14.8 Å². The second-order valence-electron chi connectivity index (χ2n) is 4.94. The van der Waals surface area contributed by atoms with Crippen LogP contribution in [-0.4, -0.2) is 11.8 Å². The van der Waals surface area contributed by atoms with Crippen LogP contribution in [0.3, 0.4) is 0 Å². The molecule has 1 aliphatic rings. The van der Waals surface area contributed by atoms with Gasteiger partial charge in [0.2, 0.25) is 6.79 Å². The molecule has 4 rings (SSSR count). The number of anilines is 1. The van der Waals surface area contributed by atoms with Crippen LogP contribution in [0.5, 0.6) is 11.5 Å². The third-order valence-electron chi connectivity index (χ3n) is 3.56. The minimum absolute atomic E-state index is 0.249. The van der Waals surface area contributed by atoms with Crippen molar-refractivity contribution in [3.8, 4) is 11.5 Å². The van der Waals surface area contributed by atoms with Gasteiger partial charge in [0.1, 0.15) is 0 Å². The van der Waals surface area contributed by atoms with E-state index in [2.05, 4.69) is 34.6 Å². The van der Waals surface area contributed by atoms with Crippen LogP contribution >= 0.6 is 11.6 Å². The SMILES string of the molecule is Clc1cc2c(cc1NCc1ccc3cc[nH]c3c1)OCO2. The molecule has 1 aliphatic heterocycles. The summed E-state index contributed by atoms with van der Waals surface area (Å²) < 4.78 is 10.7. The molecule has 0 fully saturated rings. The number of fused-ring (bicyclic) bond motifs is 2. The molecule has 0 saturated heterocycles. The van der Waals surface area contributed by atoms with Crippen LogP contribution in [0.1, 0.15) is 5.56 Å². The van der Waals surface area contributed by atoms with Crippen molar-refractivity contribution in [2.45, 2.75) is 6.54 Å². The number of nitrogens with one attached hydrogen (secondary N) is 2. The Morgan fingerprint density at radius 1 is 1.10 bits per heavy atom. The molecule has 0 amide bonds. The second-order valence-corrected chi connectivity index (χ2v) is 5.35. The van der Waals surface area contributed by atoms with Crippen LogP contribution in [0.2, 0.25) is 5.02 Å². The topological polar surface area (TPSA) is 46.3 Å². The van der Waals surface area contributed by atoms with Crippen molar-refractivity contribution in [3.63, 3.8) is 0 Å². The third-order valence-corrected chi connectivity index (χ3v) is 3.88. The molecule has 0 saturated carbocycles. The predicted molar refractivity (Wildman–Crippen MR) is 83.2 cm³/mol. The fraction of sp³-hybridized carbons (Fsp3) is 0.125.